The molecule has 0 heterocycles. The molecule has 4 heteroatoms. The first-order chi connectivity index (χ1) is 6.49. The van der Waals surface area contributed by atoms with Gasteiger partial charge in [-0.05, 0) is 19.8 Å². The molecule has 0 unspecified atom stereocenters. The summed E-state index contributed by atoms with van der Waals surface area (Å²) < 4.78 is 0.0345. The van der Waals surface area contributed by atoms with Crippen LogP contribution >= 0.6 is 25.3 Å². The molecule has 0 aliphatic heterocycles. The van der Waals surface area contributed by atoms with Gasteiger partial charge in [-0.25, -0.2) is 0 Å². The second-order valence-corrected chi connectivity index (χ2v) is 5.00. The van der Waals surface area contributed by atoms with E-state index in [9.17, 15) is 4.79 Å². The fourth-order valence-corrected chi connectivity index (χ4v) is 1.36. The van der Waals surface area contributed by atoms with Crippen molar-refractivity contribution in [3.8, 4) is 0 Å². The molecule has 0 bridgehead atoms. The van der Waals surface area contributed by atoms with Crippen molar-refractivity contribution in [2.45, 2.75) is 31.3 Å². The summed E-state index contributed by atoms with van der Waals surface area (Å²) in [4.78, 5) is 13.4. The Hall–Kier alpha value is -0.0900. The van der Waals surface area contributed by atoms with Crippen molar-refractivity contribution in [3.63, 3.8) is 0 Å². The van der Waals surface area contributed by atoms with Gasteiger partial charge in [0.1, 0.15) is 0 Å². The Kier molecular flexibility index (Phi) is 7.19. The Morgan fingerprint density at radius 1 is 1.43 bits per heavy atom. The average Bonchev–Trinajstić information content (AvgIpc) is 2.10. The summed E-state index contributed by atoms with van der Waals surface area (Å²) in [6.45, 7) is 8.93. The normalized spacial score (nSPS) is 10.4. The first-order valence-electron chi connectivity index (χ1n) is 4.80. The largest absolute Gasteiger partial charge is 0.339 e. The molecule has 1 amide bonds. The second kappa shape index (κ2) is 7.23. The van der Waals surface area contributed by atoms with Crippen LogP contribution in [0.4, 0.5) is 0 Å². The Labute approximate surface area is 97.6 Å². The Balaban J connectivity index is 4.14. The SMILES string of the molecule is C=C(C)C(=O)N(CCC)CCC(S)S. The fraction of sp³-hybridized carbons (Fsp3) is 0.700. The lowest BCUT2D eigenvalue weighted by molar-refractivity contribution is -0.127. The van der Waals surface area contributed by atoms with Gasteiger partial charge in [-0.15, -0.1) is 0 Å². The summed E-state index contributed by atoms with van der Waals surface area (Å²) >= 11 is 8.33. The first-order valence-corrected chi connectivity index (χ1v) is 5.83. The van der Waals surface area contributed by atoms with Gasteiger partial charge in [0.05, 0.1) is 0 Å². The van der Waals surface area contributed by atoms with Gasteiger partial charge in [0.25, 0.3) is 0 Å². The number of hydrogen-bond acceptors (Lipinski definition) is 3. The molecule has 0 aromatic rings. The van der Waals surface area contributed by atoms with Crippen LogP contribution in [0.5, 0.6) is 0 Å². The van der Waals surface area contributed by atoms with Gasteiger partial charge in [-0.3, -0.25) is 4.79 Å². The lowest BCUT2D eigenvalue weighted by Crippen LogP contribution is -2.33. The molecule has 2 nitrogen and oxygen atoms in total. The van der Waals surface area contributed by atoms with Gasteiger partial charge in [-0.2, -0.15) is 25.3 Å². The number of thiol groups is 2. The van der Waals surface area contributed by atoms with E-state index in [1.165, 1.54) is 0 Å². The van der Waals surface area contributed by atoms with E-state index >= 15 is 0 Å². The predicted molar refractivity (Wildman–Crippen MR) is 68.1 cm³/mol. The molecule has 0 N–H and O–H groups in total. The molecule has 0 aliphatic carbocycles. The van der Waals surface area contributed by atoms with E-state index < -0.39 is 0 Å². The van der Waals surface area contributed by atoms with Crippen LogP contribution in [0.1, 0.15) is 26.7 Å². The molecule has 82 valence electrons. The molecule has 0 rings (SSSR count). The van der Waals surface area contributed by atoms with Crippen LogP contribution in [0, 0.1) is 0 Å². The summed E-state index contributed by atoms with van der Waals surface area (Å²) in [6.07, 6.45) is 1.76. The molecule has 14 heavy (non-hydrogen) atoms. The van der Waals surface area contributed by atoms with E-state index in [0.717, 1.165) is 19.4 Å². The Bertz CT molecular complexity index is 204. The molecule has 0 spiro atoms. The molecule has 0 radical (unpaired) electrons. The molecule has 0 aliphatic rings. The quantitative estimate of drug-likeness (QED) is 0.410. The van der Waals surface area contributed by atoms with E-state index in [1.54, 1.807) is 6.92 Å². The average molecular weight is 233 g/mol. The zero-order valence-electron chi connectivity index (χ0n) is 8.86. The Morgan fingerprint density at radius 3 is 2.36 bits per heavy atom. The number of hydrogen-bond donors (Lipinski definition) is 2. The van der Waals surface area contributed by atoms with Crippen molar-refractivity contribution >= 4 is 31.2 Å². The number of rotatable bonds is 6. The van der Waals surface area contributed by atoms with Gasteiger partial charge in [0.2, 0.25) is 5.91 Å². The summed E-state index contributed by atoms with van der Waals surface area (Å²) in [7, 11) is 0. The third-order valence-electron chi connectivity index (χ3n) is 1.80. The van der Waals surface area contributed by atoms with Gasteiger partial charge in [0.15, 0.2) is 0 Å². The number of amides is 1. The number of nitrogens with zero attached hydrogens (tertiary/aromatic N) is 1. The highest BCUT2D eigenvalue weighted by Crippen LogP contribution is 2.09. The van der Waals surface area contributed by atoms with Crippen LogP contribution in [-0.4, -0.2) is 28.5 Å². The standard InChI is InChI=1S/C10H19NOS2/c1-4-6-11(7-5-9(13)14)10(12)8(2)3/h9,13-14H,2,4-7H2,1,3H3. The predicted octanol–water partition coefficient (Wildman–Crippen LogP) is 2.38. The summed E-state index contributed by atoms with van der Waals surface area (Å²) in [5, 5.41) is 0. The van der Waals surface area contributed by atoms with E-state index in [0.29, 0.717) is 12.1 Å². The highest BCUT2D eigenvalue weighted by atomic mass is 32.2. The zero-order chi connectivity index (χ0) is 11.1. The summed E-state index contributed by atoms with van der Waals surface area (Å²) in [6, 6.07) is 0. The third kappa shape index (κ3) is 5.60. The molecule has 0 atom stereocenters. The van der Waals surface area contributed by atoms with Crippen molar-refractivity contribution in [2.24, 2.45) is 0 Å². The maximum atomic E-state index is 11.6. The maximum absolute atomic E-state index is 11.6. The van der Waals surface area contributed by atoms with Crippen molar-refractivity contribution in [1.29, 1.82) is 0 Å². The molecular weight excluding hydrogens is 214 g/mol. The zero-order valence-corrected chi connectivity index (χ0v) is 10.7. The van der Waals surface area contributed by atoms with Crippen LogP contribution < -0.4 is 0 Å². The second-order valence-electron chi connectivity index (χ2n) is 3.34. The number of carbonyl (C=O) groups excluding carboxylic acids is 1. The summed E-state index contributed by atoms with van der Waals surface area (Å²) in [5.41, 5.74) is 0.591. The van der Waals surface area contributed by atoms with Crippen LogP contribution in [0.15, 0.2) is 12.2 Å². The molecule has 0 fully saturated rings. The topological polar surface area (TPSA) is 20.3 Å². The minimum Gasteiger partial charge on any atom is -0.339 e. The van der Waals surface area contributed by atoms with Crippen LogP contribution in [-0.2, 0) is 4.79 Å². The van der Waals surface area contributed by atoms with Gasteiger partial charge >= 0.3 is 0 Å². The van der Waals surface area contributed by atoms with Crippen molar-refractivity contribution in [3.05, 3.63) is 12.2 Å². The van der Waals surface area contributed by atoms with Gasteiger partial charge in [0, 0.05) is 23.2 Å². The summed E-state index contributed by atoms with van der Waals surface area (Å²) in [5.74, 6) is 0.0363. The minimum atomic E-state index is 0.0345. The maximum Gasteiger partial charge on any atom is 0.248 e. The van der Waals surface area contributed by atoms with E-state index in [-0.39, 0.29) is 10.5 Å². The van der Waals surface area contributed by atoms with E-state index in [1.807, 2.05) is 4.90 Å². The molecule has 0 aromatic heterocycles. The van der Waals surface area contributed by atoms with Gasteiger partial charge < -0.3 is 4.90 Å². The van der Waals surface area contributed by atoms with Gasteiger partial charge in [-0.1, -0.05) is 13.5 Å². The van der Waals surface area contributed by atoms with Crippen LogP contribution in [0.25, 0.3) is 0 Å². The lowest BCUT2D eigenvalue weighted by Gasteiger charge is -2.22. The molecule has 0 aromatic carbocycles. The Morgan fingerprint density at radius 2 is 2.00 bits per heavy atom. The van der Waals surface area contributed by atoms with E-state index in [4.69, 9.17) is 0 Å². The van der Waals surface area contributed by atoms with Crippen molar-refractivity contribution < 1.29 is 4.79 Å². The highest BCUT2D eigenvalue weighted by Gasteiger charge is 2.13. The molecule has 0 saturated heterocycles. The fourth-order valence-electron chi connectivity index (χ4n) is 1.13. The van der Waals surface area contributed by atoms with E-state index in [2.05, 4.69) is 38.8 Å². The number of carbonyl (C=O) groups is 1. The third-order valence-corrected chi connectivity index (χ3v) is 2.32. The lowest BCUT2D eigenvalue weighted by atomic mass is 10.2. The monoisotopic (exact) mass is 233 g/mol. The smallest absolute Gasteiger partial charge is 0.248 e. The van der Waals surface area contributed by atoms with Crippen LogP contribution in [0.2, 0.25) is 0 Å². The van der Waals surface area contributed by atoms with Crippen molar-refractivity contribution in [2.75, 3.05) is 13.1 Å². The van der Waals surface area contributed by atoms with Crippen molar-refractivity contribution in [1.82, 2.24) is 4.90 Å². The van der Waals surface area contributed by atoms with Crippen LogP contribution in [0.3, 0.4) is 0 Å². The molecular formula is C10H19NOS2. The highest BCUT2D eigenvalue weighted by molar-refractivity contribution is 7.99. The first kappa shape index (κ1) is 13.9. The molecule has 0 saturated carbocycles. The minimum absolute atomic E-state index is 0.0345.